The number of hydrogen-bond donors (Lipinski definition) is 1. The number of benzene rings is 2. The van der Waals surface area contributed by atoms with Crippen molar-refractivity contribution in [1.82, 2.24) is 9.99 Å². The Bertz CT molecular complexity index is 1010. The van der Waals surface area contributed by atoms with Crippen LogP contribution in [-0.4, -0.2) is 23.3 Å². The van der Waals surface area contributed by atoms with E-state index in [0.717, 1.165) is 34.8 Å². The van der Waals surface area contributed by atoms with Gasteiger partial charge in [0.2, 0.25) is 0 Å². The molecule has 0 bridgehead atoms. The maximum Gasteiger partial charge on any atom is 0.271 e. The van der Waals surface area contributed by atoms with Gasteiger partial charge in [0.1, 0.15) is 5.75 Å². The Morgan fingerprint density at radius 1 is 1.14 bits per heavy atom. The molecule has 0 saturated carbocycles. The summed E-state index contributed by atoms with van der Waals surface area (Å²) in [5, 5.41) is 4.82. The van der Waals surface area contributed by atoms with Crippen molar-refractivity contribution in [3.8, 4) is 11.4 Å². The second-order valence-electron chi connectivity index (χ2n) is 6.71. The van der Waals surface area contributed by atoms with E-state index >= 15 is 0 Å². The molecule has 1 aromatic heterocycles. The number of hydrogen-bond acceptors (Lipinski definition) is 3. The van der Waals surface area contributed by atoms with E-state index in [2.05, 4.69) is 15.1 Å². The van der Waals surface area contributed by atoms with Crippen LogP contribution in [-0.2, 0) is 0 Å². The van der Waals surface area contributed by atoms with Crippen LogP contribution in [0.5, 0.6) is 5.75 Å². The van der Waals surface area contributed by atoms with E-state index in [1.165, 1.54) is 0 Å². The van der Waals surface area contributed by atoms with Gasteiger partial charge in [-0.1, -0.05) is 18.5 Å². The predicted octanol–water partition coefficient (Wildman–Crippen LogP) is 5.30. The predicted molar refractivity (Wildman–Crippen MR) is 118 cm³/mol. The normalized spacial score (nSPS) is 11.0. The highest BCUT2D eigenvalue weighted by atomic mass is 35.5. The molecule has 0 atom stereocenters. The minimum atomic E-state index is -0.269. The largest absolute Gasteiger partial charge is 0.494 e. The summed E-state index contributed by atoms with van der Waals surface area (Å²) in [7, 11) is 0. The molecule has 1 N–H and O–H groups in total. The summed E-state index contributed by atoms with van der Waals surface area (Å²) in [6.07, 6.45) is 2.60. The summed E-state index contributed by atoms with van der Waals surface area (Å²) < 4.78 is 7.65. The lowest BCUT2D eigenvalue weighted by Gasteiger charge is -2.09. The number of aromatic nitrogens is 1. The van der Waals surface area contributed by atoms with Crippen LogP contribution in [0.4, 0.5) is 0 Å². The number of halogens is 1. The highest BCUT2D eigenvalue weighted by Crippen LogP contribution is 2.21. The Morgan fingerprint density at radius 3 is 2.48 bits per heavy atom. The molecule has 0 aliphatic heterocycles. The van der Waals surface area contributed by atoms with E-state index in [1.807, 2.05) is 51.1 Å². The number of aryl methyl sites for hydroxylation is 1. The van der Waals surface area contributed by atoms with Crippen molar-refractivity contribution in [3.63, 3.8) is 0 Å². The molecule has 0 aliphatic rings. The fourth-order valence-corrected chi connectivity index (χ4v) is 3.18. The zero-order valence-corrected chi connectivity index (χ0v) is 17.5. The Hall–Kier alpha value is -3.05. The second-order valence-corrected chi connectivity index (χ2v) is 7.15. The van der Waals surface area contributed by atoms with Gasteiger partial charge in [0.05, 0.1) is 12.8 Å². The second kappa shape index (κ2) is 9.43. The summed E-state index contributed by atoms with van der Waals surface area (Å²) in [5.41, 5.74) is 7.16. The smallest absolute Gasteiger partial charge is 0.271 e. The van der Waals surface area contributed by atoms with Gasteiger partial charge in [-0.15, -0.1) is 0 Å². The van der Waals surface area contributed by atoms with Gasteiger partial charge >= 0.3 is 0 Å². The molecule has 0 radical (unpaired) electrons. The molecular weight excluding hydrogens is 386 g/mol. The van der Waals surface area contributed by atoms with Gasteiger partial charge < -0.3 is 9.30 Å². The number of rotatable bonds is 7. The minimum absolute atomic E-state index is 0.269. The van der Waals surface area contributed by atoms with Gasteiger partial charge in [0.15, 0.2) is 0 Å². The first-order chi connectivity index (χ1) is 14.0. The first-order valence-electron chi connectivity index (χ1n) is 9.50. The summed E-state index contributed by atoms with van der Waals surface area (Å²) in [5.74, 6) is 0.483. The summed E-state index contributed by atoms with van der Waals surface area (Å²) in [6, 6.07) is 16.7. The highest BCUT2D eigenvalue weighted by Gasteiger charge is 2.10. The number of ether oxygens (including phenoxy) is 1. The topological polar surface area (TPSA) is 55.6 Å². The number of hydrazone groups is 1. The Labute approximate surface area is 176 Å². The van der Waals surface area contributed by atoms with Gasteiger partial charge in [-0.3, -0.25) is 4.79 Å². The van der Waals surface area contributed by atoms with Crippen LogP contribution < -0.4 is 10.2 Å². The van der Waals surface area contributed by atoms with Crippen molar-refractivity contribution >= 4 is 23.7 Å². The Morgan fingerprint density at radius 2 is 1.83 bits per heavy atom. The molecule has 0 saturated heterocycles. The van der Waals surface area contributed by atoms with Gasteiger partial charge in [0.25, 0.3) is 5.91 Å². The lowest BCUT2D eigenvalue weighted by molar-refractivity contribution is 0.0955. The fourth-order valence-electron chi connectivity index (χ4n) is 3.05. The standard InChI is InChI=1S/C23H24ClN3O2/c1-4-13-29-22-11-5-18(6-12-22)23(28)26-25-15-19-14-16(2)27(17(19)3)21-9-7-20(24)8-10-21/h5-12,14-15H,4,13H2,1-3H3,(H,26,28)/b25-15-. The highest BCUT2D eigenvalue weighted by molar-refractivity contribution is 6.30. The molecule has 0 fully saturated rings. The average molecular weight is 410 g/mol. The molecule has 3 aromatic rings. The first-order valence-corrected chi connectivity index (χ1v) is 9.88. The third kappa shape index (κ3) is 5.06. The molecule has 0 aliphatic carbocycles. The number of nitrogens with zero attached hydrogens (tertiary/aromatic N) is 2. The van der Waals surface area contributed by atoms with Crippen LogP contribution in [0, 0.1) is 13.8 Å². The number of nitrogens with one attached hydrogen (secondary N) is 1. The zero-order valence-electron chi connectivity index (χ0n) is 16.8. The van der Waals surface area contributed by atoms with Gasteiger partial charge in [-0.2, -0.15) is 5.10 Å². The van der Waals surface area contributed by atoms with E-state index in [1.54, 1.807) is 30.5 Å². The number of carbonyl (C=O) groups is 1. The van der Waals surface area contributed by atoms with Crippen LogP contribution >= 0.6 is 11.6 Å². The van der Waals surface area contributed by atoms with E-state index in [0.29, 0.717) is 17.2 Å². The Balaban J connectivity index is 1.68. The van der Waals surface area contributed by atoms with Crippen molar-refractivity contribution in [2.45, 2.75) is 27.2 Å². The van der Waals surface area contributed by atoms with Gasteiger partial charge in [-0.05, 0) is 74.9 Å². The number of amides is 1. The third-order valence-electron chi connectivity index (χ3n) is 4.51. The summed E-state index contributed by atoms with van der Waals surface area (Å²) >= 11 is 5.99. The summed E-state index contributed by atoms with van der Waals surface area (Å²) in [6.45, 7) is 6.75. The zero-order chi connectivity index (χ0) is 20.8. The third-order valence-corrected chi connectivity index (χ3v) is 4.77. The van der Waals surface area contributed by atoms with Crippen LogP contribution in [0.1, 0.15) is 40.7 Å². The molecule has 5 nitrogen and oxygen atoms in total. The maximum atomic E-state index is 12.3. The average Bonchev–Trinajstić information content (AvgIpc) is 3.00. The van der Waals surface area contributed by atoms with E-state index in [9.17, 15) is 4.79 Å². The summed E-state index contributed by atoms with van der Waals surface area (Å²) in [4.78, 5) is 12.3. The van der Waals surface area contributed by atoms with Crippen molar-refractivity contribution in [2.75, 3.05) is 6.61 Å². The van der Waals surface area contributed by atoms with Crippen molar-refractivity contribution in [1.29, 1.82) is 0 Å². The quantitative estimate of drug-likeness (QED) is 0.425. The molecular formula is C23H24ClN3O2. The molecule has 1 amide bonds. The SMILES string of the molecule is CCCOc1ccc(C(=O)N/N=C\c2cc(C)n(-c3ccc(Cl)cc3)c2C)cc1. The first kappa shape index (κ1) is 20.7. The molecule has 150 valence electrons. The molecule has 29 heavy (non-hydrogen) atoms. The molecule has 6 heteroatoms. The van der Waals surface area contributed by atoms with E-state index in [4.69, 9.17) is 16.3 Å². The van der Waals surface area contributed by atoms with Gasteiger partial charge in [0, 0.05) is 33.2 Å². The monoisotopic (exact) mass is 409 g/mol. The molecule has 3 rings (SSSR count). The van der Waals surface area contributed by atoms with Gasteiger partial charge in [-0.25, -0.2) is 5.43 Å². The Kier molecular flexibility index (Phi) is 6.73. The molecule has 0 spiro atoms. The van der Waals surface area contributed by atoms with Crippen LogP contribution in [0.3, 0.4) is 0 Å². The molecule has 0 unspecified atom stereocenters. The minimum Gasteiger partial charge on any atom is -0.494 e. The maximum absolute atomic E-state index is 12.3. The van der Waals surface area contributed by atoms with Crippen LogP contribution in [0.25, 0.3) is 5.69 Å². The van der Waals surface area contributed by atoms with Crippen molar-refractivity contribution in [3.05, 3.63) is 82.1 Å². The molecule has 1 heterocycles. The van der Waals surface area contributed by atoms with E-state index < -0.39 is 0 Å². The van der Waals surface area contributed by atoms with Crippen LogP contribution in [0.15, 0.2) is 59.7 Å². The lowest BCUT2D eigenvalue weighted by atomic mass is 10.2. The van der Waals surface area contributed by atoms with Crippen molar-refractivity contribution in [2.24, 2.45) is 5.10 Å². The fraction of sp³-hybridized carbons (Fsp3) is 0.217. The molecule has 2 aromatic carbocycles. The van der Waals surface area contributed by atoms with Crippen LogP contribution in [0.2, 0.25) is 5.02 Å². The lowest BCUT2D eigenvalue weighted by Crippen LogP contribution is -2.17. The van der Waals surface area contributed by atoms with Crippen molar-refractivity contribution < 1.29 is 9.53 Å². The number of carbonyl (C=O) groups excluding carboxylic acids is 1. The van der Waals surface area contributed by atoms with E-state index in [-0.39, 0.29) is 5.91 Å².